The molecule has 0 aromatic heterocycles. The molecule has 2 rings (SSSR count). The second-order valence-corrected chi connectivity index (χ2v) is 7.53. The molecule has 0 aliphatic rings. The Balaban J connectivity index is 2.46. The van der Waals surface area contributed by atoms with Crippen LogP contribution in [0.1, 0.15) is 5.56 Å². The summed E-state index contributed by atoms with van der Waals surface area (Å²) < 4.78 is 41.8. The van der Waals surface area contributed by atoms with Crippen LogP contribution in [-0.2, 0) is 10.0 Å². The van der Waals surface area contributed by atoms with Crippen LogP contribution in [-0.4, -0.2) is 8.42 Å². The Morgan fingerprint density at radius 3 is 2.45 bits per heavy atom. The van der Waals surface area contributed by atoms with Crippen molar-refractivity contribution in [1.82, 2.24) is 0 Å². The molecule has 1 N–H and O–H groups in total. The molecular formula is C13H10Br2FNO2S. The molecule has 0 spiro atoms. The molecule has 7 heteroatoms. The van der Waals surface area contributed by atoms with Crippen molar-refractivity contribution in [3.63, 3.8) is 0 Å². The molecule has 2 aromatic rings. The van der Waals surface area contributed by atoms with E-state index in [4.69, 9.17) is 0 Å². The van der Waals surface area contributed by atoms with Crippen LogP contribution < -0.4 is 4.72 Å². The molecule has 0 fully saturated rings. The van der Waals surface area contributed by atoms with Crippen LogP contribution in [0.4, 0.5) is 10.1 Å². The van der Waals surface area contributed by atoms with E-state index < -0.39 is 15.8 Å². The first-order chi connectivity index (χ1) is 9.31. The lowest BCUT2D eigenvalue weighted by Gasteiger charge is -2.12. The first-order valence-electron chi connectivity index (χ1n) is 5.54. The van der Waals surface area contributed by atoms with Gasteiger partial charge < -0.3 is 0 Å². The van der Waals surface area contributed by atoms with Gasteiger partial charge in [0.15, 0.2) is 0 Å². The van der Waals surface area contributed by atoms with Gasteiger partial charge in [0.25, 0.3) is 10.0 Å². The van der Waals surface area contributed by atoms with E-state index in [1.54, 1.807) is 25.1 Å². The molecule has 0 saturated carbocycles. The average molecular weight is 423 g/mol. The summed E-state index contributed by atoms with van der Waals surface area (Å²) in [6.07, 6.45) is 0. The summed E-state index contributed by atoms with van der Waals surface area (Å²) in [6.45, 7) is 1.64. The highest BCUT2D eigenvalue weighted by Gasteiger charge is 2.20. The van der Waals surface area contributed by atoms with E-state index in [-0.39, 0.29) is 10.6 Å². The highest BCUT2D eigenvalue weighted by Crippen LogP contribution is 2.29. The Kier molecular flexibility index (Phi) is 4.51. The van der Waals surface area contributed by atoms with Crippen molar-refractivity contribution in [1.29, 1.82) is 0 Å². The maximum absolute atomic E-state index is 13.7. The quantitative estimate of drug-likeness (QED) is 0.793. The summed E-state index contributed by atoms with van der Waals surface area (Å²) in [5, 5.41) is 0. The van der Waals surface area contributed by atoms with E-state index >= 15 is 0 Å². The Labute approximate surface area is 133 Å². The smallest absolute Gasteiger partial charge is 0.263 e. The van der Waals surface area contributed by atoms with Crippen LogP contribution in [0.15, 0.2) is 50.2 Å². The van der Waals surface area contributed by atoms with Crippen molar-refractivity contribution < 1.29 is 12.8 Å². The van der Waals surface area contributed by atoms with Crippen molar-refractivity contribution in [3.8, 4) is 0 Å². The van der Waals surface area contributed by atoms with Crippen LogP contribution >= 0.6 is 31.9 Å². The van der Waals surface area contributed by atoms with Crippen LogP contribution in [0, 0.1) is 12.7 Å². The molecule has 3 nitrogen and oxygen atoms in total. The number of sulfonamides is 1. The Morgan fingerprint density at radius 1 is 1.15 bits per heavy atom. The molecular weight excluding hydrogens is 413 g/mol. The summed E-state index contributed by atoms with van der Waals surface area (Å²) in [5.41, 5.74) is 0.476. The molecule has 0 aliphatic heterocycles. The maximum atomic E-state index is 13.7. The molecule has 20 heavy (non-hydrogen) atoms. The second kappa shape index (κ2) is 5.83. The number of aryl methyl sites for hydroxylation is 1. The number of hydrogen-bond donors (Lipinski definition) is 1. The van der Waals surface area contributed by atoms with Gasteiger partial charge in [0, 0.05) is 8.95 Å². The predicted molar refractivity (Wildman–Crippen MR) is 83.8 cm³/mol. The third-order valence-corrected chi connectivity index (χ3v) is 5.46. The van der Waals surface area contributed by atoms with E-state index in [2.05, 4.69) is 36.6 Å². The highest BCUT2D eigenvalue weighted by atomic mass is 79.9. The number of hydrogen-bond acceptors (Lipinski definition) is 2. The average Bonchev–Trinajstić information content (AvgIpc) is 2.33. The lowest BCUT2D eigenvalue weighted by molar-refractivity contribution is 0.598. The molecule has 0 unspecified atom stereocenters. The van der Waals surface area contributed by atoms with Crippen LogP contribution in [0.3, 0.4) is 0 Å². The van der Waals surface area contributed by atoms with Crippen LogP contribution in [0.5, 0.6) is 0 Å². The summed E-state index contributed by atoms with van der Waals surface area (Å²) in [7, 11) is -3.86. The van der Waals surface area contributed by atoms with Gasteiger partial charge in [0.1, 0.15) is 10.7 Å². The van der Waals surface area contributed by atoms with Crippen molar-refractivity contribution in [2.75, 3.05) is 4.72 Å². The standard InChI is InChI=1S/C13H10Br2FNO2S/c1-8-3-2-4-11(16)13(8)17-20(18,19)12-6-5-9(14)7-10(12)15/h2-7,17H,1H3. The van der Waals surface area contributed by atoms with Crippen LogP contribution in [0.25, 0.3) is 0 Å². The maximum Gasteiger partial charge on any atom is 0.263 e. The van der Waals surface area contributed by atoms with Gasteiger partial charge in [-0.05, 0) is 52.7 Å². The topological polar surface area (TPSA) is 46.2 Å². The lowest BCUT2D eigenvalue weighted by Crippen LogP contribution is -2.15. The fourth-order valence-electron chi connectivity index (χ4n) is 1.64. The largest absolute Gasteiger partial charge is 0.276 e. The number of nitrogens with one attached hydrogen (secondary N) is 1. The van der Waals surface area contributed by atoms with Gasteiger partial charge in [-0.15, -0.1) is 0 Å². The van der Waals surface area contributed by atoms with Crippen molar-refractivity contribution >= 4 is 47.6 Å². The SMILES string of the molecule is Cc1cccc(F)c1NS(=O)(=O)c1ccc(Br)cc1Br. The number of rotatable bonds is 3. The predicted octanol–water partition coefficient (Wildman–Crippen LogP) is 4.46. The third-order valence-electron chi connectivity index (χ3n) is 2.64. The molecule has 106 valence electrons. The first kappa shape index (κ1) is 15.5. The van der Waals surface area contributed by atoms with Crippen molar-refractivity contribution in [2.24, 2.45) is 0 Å². The second-order valence-electron chi connectivity index (χ2n) is 4.11. The minimum atomic E-state index is -3.86. The Bertz CT molecular complexity index is 743. The summed E-state index contributed by atoms with van der Waals surface area (Å²) in [6, 6.07) is 9.03. The lowest BCUT2D eigenvalue weighted by atomic mass is 10.2. The normalized spacial score (nSPS) is 11.4. The van der Waals surface area contributed by atoms with E-state index in [1.807, 2.05) is 0 Å². The van der Waals surface area contributed by atoms with Gasteiger partial charge in [-0.3, -0.25) is 4.72 Å². The number of anilines is 1. The monoisotopic (exact) mass is 421 g/mol. The summed E-state index contributed by atoms with van der Waals surface area (Å²) in [4.78, 5) is 0.0448. The zero-order valence-corrected chi connectivity index (χ0v) is 14.3. The van der Waals surface area contributed by atoms with Gasteiger partial charge in [-0.25, -0.2) is 12.8 Å². The van der Waals surface area contributed by atoms with E-state index in [0.29, 0.717) is 10.0 Å². The van der Waals surface area contributed by atoms with Gasteiger partial charge in [0.05, 0.1) is 5.69 Å². The summed E-state index contributed by atoms with van der Waals surface area (Å²) >= 11 is 6.44. The van der Waals surface area contributed by atoms with Gasteiger partial charge in [-0.2, -0.15) is 0 Å². The van der Waals surface area contributed by atoms with E-state index in [0.717, 1.165) is 4.47 Å². The molecule has 0 aliphatic carbocycles. The molecule has 0 heterocycles. The van der Waals surface area contributed by atoms with E-state index in [1.165, 1.54) is 18.2 Å². The molecule has 0 amide bonds. The fraction of sp³-hybridized carbons (Fsp3) is 0.0769. The molecule has 0 radical (unpaired) electrons. The van der Waals surface area contributed by atoms with Gasteiger partial charge >= 0.3 is 0 Å². The zero-order valence-electron chi connectivity index (χ0n) is 10.3. The first-order valence-corrected chi connectivity index (χ1v) is 8.61. The van der Waals surface area contributed by atoms with Crippen LogP contribution in [0.2, 0.25) is 0 Å². The van der Waals surface area contributed by atoms with Gasteiger partial charge in [-0.1, -0.05) is 28.1 Å². The molecule has 2 aromatic carbocycles. The Morgan fingerprint density at radius 2 is 1.85 bits per heavy atom. The molecule has 0 saturated heterocycles. The van der Waals surface area contributed by atoms with Crippen molar-refractivity contribution in [3.05, 3.63) is 56.7 Å². The molecule has 0 bridgehead atoms. The highest BCUT2D eigenvalue weighted by molar-refractivity contribution is 9.11. The minimum absolute atomic E-state index is 0.0395. The third kappa shape index (κ3) is 3.21. The van der Waals surface area contributed by atoms with Gasteiger partial charge in [0.2, 0.25) is 0 Å². The Hall–Kier alpha value is -0.920. The summed E-state index contributed by atoms with van der Waals surface area (Å²) in [5.74, 6) is -0.609. The number of benzene rings is 2. The number of para-hydroxylation sites is 1. The van der Waals surface area contributed by atoms with Crippen molar-refractivity contribution in [2.45, 2.75) is 11.8 Å². The number of halogens is 3. The molecule has 0 atom stereocenters. The zero-order chi connectivity index (χ0) is 14.9. The minimum Gasteiger partial charge on any atom is -0.276 e. The van der Waals surface area contributed by atoms with E-state index in [9.17, 15) is 12.8 Å². The fourth-order valence-corrected chi connectivity index (χ4v) is 4.53.